The molecule has 3 heterocycles. The summed E-state index contributed by atoms with van der Waals surface area (Å²) in [5.74, 6) is 0.555. The summed E-state index contributed by atoms with van der Waals surface area (Å²) in [7, 11) is 0. The number of fused-ring (bicyclic) bond motifs is 1. The quantitative estimate of drug-likeness (QED) is 0.391. The Bertz CT molecular complexity index is 1130. The molecule has 2 N–H and O–H groups in total. The van der Waals surface area contributed by atoms with Gasteiger partial charge in [0.15, 0.2) is 5.13 Å². The molecule has 0 bridgehead atoms. The predicted molar refractivity (Wildman–Crippen MR) is 104 cm³/mol. The van der Waals surface area contributed by atoms with Crippen molar-refractivity contribution in [3.8, 4) is 0 Å². The fraction of sp³-hybridized carbons (Fsp3) is 0.0588. The average molecular weight is 379 g/mol. The molecule has 0 radical (unpaired) electrons. The number of hydrogen-bond donors (Lipinski definition) is 2. The summed E-state index contributed by atoms with van der Waals surface area (Å²) in [6, 6.07) is 11.1. The van der Waals surface area contributed by atoms with Gasteiger partial charge in [-0.15, -0.1) is 0 Å². The second kappa shape index (κ2) is 6.92. The first kappa shape index (κ1) is 16.8. The van der Waals surface area contributed by atoms with Crippen molar-refractivity contribution in [1.82, 2.24) is 19.9 Å². The molecule has 0 saturated heterocycles. The maximum Gasteiger partial charge on any atom is 0.354 e. The molecular formula is C17H13N7O2S. The third kappa shape index (κ3) is 3.37. The second-order valence-corrected chi connectivity index (χ2v) is 6.61. The van der Waals surface area contributed by atoms with Crippen molar-refractivity contribution in [3.63, 3.8) is 0 Å². The summed E-state index contributed by atoms with van der Waals surface area (Å²) in [6.07, 6.45) is 2.83. The molecule has 3 aromatic heterocycles. The topological polar surface area (TPSA) is 119 Å². The van der Waals surface area contributed by atoms with Crippen molar-refractivity contribution < 1.29 is 4.92 Å². The molecule has 0 aliphatic carbocycles. The molecule has 4 rings (SSSR count). The van der Waals surface area contributed by atoms with E-state index in [0.717, 1.165) is 15.8 Å². The lowest BCUT2D eigenvalue weighted by Crippen LogP contribution is -2.05. The van der Waals surface area contributed by atoms with E-state index in [0.29, 0.717) is 10.9 Å². The number of aromatic nitrogens is 4. The van der Waals surface area contributed by atoms with Crippen LogP contribution in [0.25, 0.3) is 10.2 Å². The number of para-hydroxylation sites is 1. The molecule has 9 nitrogen and oxygen atoms in total. The average Bonchev–Trinajstić information content (AvgIpc) is 3.06. The SMILES string of the molecule is Cc1cccc2sc(Nc3ncnc(Nc4ccccn4)c3[N+](=O)[O-])nc12. The van der Waals surface area contributed by atoms with Crippen molar-refractivity contribution >= 4 is 49.8 Å². The summed E-state index contributed by atoms with van der Waals surface area (Å²) < 4.78 is 0.987. The van der Waals surface area contributed by atoms with Crippen LogP contribution in [-0.4, -0.2) is 24.9 Å². The normalized spacial score (nSPS) is 10.7. The van der Waals surface area contributed by atoms with E-state index in [1.807, 2.05) is 25.1 Å². The minimum absolute atomic E-state index is 0.0495. The van der Waals surface area contributed by atoms with Crippen LogP contribution in [0.2, 0.25) is 0 Å². The van der Waals surface area contributed by atoms with Gasteiger partial charge in [-0.1, -0.05) is 29.5 Å². The van der Waals surface area contributed by atoms with E-state index >= 15 is 0 Å². The summed E-state index contributed by atoms with van der Waals surface area (Å²) in [6.45, 7) is 1.97. The van der Waals surface area contributed by atoms with Crippen LogP contribution < -0.4 is 10.6 Å². The van der Waals surface area contributed by atoms with Crippen molar-refractivity contribution in [1.29, 1.82) is 0 Å². The Balaban J connectivity index is 1.72. The van der Waals surface area contributed by atoms with Crippen LogP contribution in [0.3, 0.4) is 0 Å². The first-order valence-corrected chi connectivity index (χ1v) is 8.74. The number of nitrogens with zero attached hydrogens (tertiary/aromatic N) is 5. The molecule has 0 amide bonds. The number of nitro groups is 1. The smallest absolute Gasteiger partial charge is 0.319 e. The number of rotatable bonds is 5. The lowest BCUT2D eigenvalue weighted by atomic mass is 10.2. The van der Waals surface area contributed by atoms with E-state index < -0.39 is 4.92 Å². The van der Waals surface area contributed by atoms with E-state index in [2.05, 4.69) is 30.6 Å². The number of pyridine rings is 1. The zero-order valence-electron chi connectivity index (χ0n) is 14.1. The monoisotopic (exact) mass is 379 g/mol. The minimum Gasteiger partial charge on any atom is -0.319 e. The summed E-state index contributed by atoms with van der Waals surface area (Å²) in [5.41, 5.74) is 1.61. The Hall–Kier alpha value is -3.66. The molecule has 0 aliphatic rings. The van der Waals surface area contributed by atoms with Crippen molar-refractivity contribution in [2.45, 2.75) is 6.92 Å². The second-order valence-electron chi connectivity index (χ2n) is 5.58. The van der Waals surface area contributed by atoms with Gasteiger partial charge in [-0.05, 0) is 30.7 Å². The van der Waals surface area contributed by atoms with Crippen LogP contribution in [0, 0.1) is 17.0 Å². The summed E-state index contributed by atoms with van der Waals surface area (Å²) in [5, 5.41) is 18.0. The van der Waals surface area contributed by atoms with Gasteiger partial charge >= 0.3 is 5.69 Å². The summed E-state index contributed by atoms with van der Waals surface area (Å²) in [4.78, 5) is 27.8. The van der Waals surface area contributed by atoms with Gasteiger partial charge < -0.3 is 10.6 Å². The number of nitrogens with one attached hydrogen (secondary N) is 2. The van der Waals surface area contributed by atoms with Gasteiger partial charge in [-0.3, -0.25) is 10.1 Å². The van der Waals surface area contributed by atoms with Gasteiger partial charge in [0.05, 0.1) is 15.1 Å². The number of thiazole rings is 1. The Morgan fingerprint density at radius 1 is 1.04 bits per heavy atom. The van der Waals surface area contributed by atoms with Crippen LogP contribution in [0.1, 0.15) is 5.56 Å². The van der Waals surface area contributed by atoms with Crippen molar-refractivity contribution in [2.24, 2.45) is 0 Å². The molecule has 0 unspecified atom stereocenters. The molecule has 0 atom stereocenters. The zero-order valence-corrected chi connectivity index (χ0v) is 14.9. The molecule has 0 saturated carbocycles. The Labute approximate surface area is 157 Å². The summed E-state index contributed by atoms with van der Waals surface area (Å²) >= 11 is 1.40. The highest BCUT2D eigenvalue weighted by molar-refractivity contribution is 7.22. The van der Waals surface area contributed by atoms with Gasteiger partial charge in [0.2, 0.25) is 11.6 Å². The Morgan fingerprint density at radius 3 is 2.56 bits per heavy atom. The van der Waals surface area contributed by atoms with Crippen LogP contribution in [0.5, 0.6) is 0 Å². The predicted octanol–water partition coefficient (Wildman–Crippen LogP) is 4.19. The maximum atomic E-state index is 11.7. The molecule has 0 aliphatic heterocycles. The van der Waals surface area contributed by atoms with Crippen LogP contribution in [-0.2, 0) is 0 Å². The lowest BCUT2D eigenvalue weighted by molar-refractivity contribution is -0.383. The Kier molecular flexibility index (Phi) is 4.30. The van der Waals surface area contributed by atoms with Gasteiger partial charge in [0, 0.05) is 6.20 Å². The molecule has 0 fully saturated rings. The van der Waals surface area contributed by atoms with Crippen LogP contribution in [0.15, 0.2) is 48.9 Å². The van der Waals surface area contributed by atoms with Gasteiger partial charge in [-0.25, -0.2) is 19.9 Å². The van der Waals surface area contributed by atoms with Gasteiger partial charge in [0.1, 0.15) is 12.1 Å². The maximum absolute atomic E-state index is 11.7. The number of aryl methyl sites for hydroxylation is 1. The zero-order chi connectivity index (χ0) is 18.8. The Morgan fingerprint density at radius 2 is 1.85 bits per heavy atom. The molecule has 10 heteroatoms. The molecule has 0 spiro atoms. The standard InChI is InChI=1S/C17H13N7O2S/c1-10-5-4-6-11-13(10)22-17(27-11)23-16-14(24(25)26)15(19-9-20-16)21-12-7-2-3-8-18-12/h2-9H,1H3,(H2,18,19,20,21,22,23). The van der Waals surface area contributed by atoms with E-state index in [9.17, 15) is 10.1 Å². The third-order valence-electron chi connectivity index (χ3n) is 3.76. The fourth-order valence-corrected chi connectivity index (χ4v) is 3.48. The molecule has 134 valence electrons. The molecule has 27 heavy (non-hydrogen) atoms. The molecule has 1 aromatic carbocycles. The van der Waals surface area contributed by atoms with E-state index in [4.69, 9.17) is 0 Å². The highest BCUT2D eigenvalue weighted by Gasteiger charge is 2.24. The lowest BCUT2D eigenvalue weighted by Gasteiger charge is -2.08. The highest BCUT2D eigenvalue weighted by atomic mass is 32.1. The van der Waals surface area contributed by atoms with Gasteiger partial charge in [0.25, 0.3) is 0 Å². The number of hydrogen-bond acceptors (Lipinski definition) is 9. The molecule has 4 aromatic rings. The van der Waals surface area contributed by atoms with Crippen molar-refractivity contribution in [3.05, 3.63) is 64.6 Å². The number of anilines is 4. The first-order chi connectivity index (χ1) is 13.1. The van der Waals surface area contributed by atoms with Crippen molar-refractivity contribution in [2.75, 3.05) is 10.6 Å². The van der Waals surface area contributed by atoms with Crippen LogP contribution in [0.4, 0.5) is 28.3 Å². The highest BCUT2D eigenvalue weighted by Crippen LogP contribution is 2.35. The van der Waals surface area contributed by atoms with E-state index in [-0.39, 0.29) is 17.3 Å². The molecular weight excluding hydrogens is 366 g/mol. The fourth-order valence-electron chi connectivity index (χ4n) is 2.53. The minimum atomic E-state index is -0.536. The van der Waals surface area contributed by atoms with E-state index in [1.165, 1.54) is 17.7 Å². The third-order valence-corrected chi connectivity index (χ3v) is 4.70. The largest absolute Gasteiger partial charge is 0.354 e. The van der Waals surface area contributed by atoms with Gasteiger partial charge in [-0.2, -0.15) is 0 Å². The van der Waals surface area contributed by atoms with E-state index in [1.54, 1.807) is 24.4 Å². The number of benzene rings is 1. The van der Waals surface area contributed by atoms with Crippen LogP contribution >= 0.6 is 11.3 Å². The first-order valence-electron chi connectivity index (χ1n) is 7.92.